The van der Waals surface area contributed by atoms with E-state index >= 15 is 0 Å². The maximum atomic E-state index is 5.10. The van der Waals surface area contributed by atoms with E-state index in [9.17, 15) is 0 Å². The Morgan fingerprint density at radius 2 is 1.62 bits per heavy atom. The summed E-state index contributed by atoms with van der Waals surface area (Å²) >= 11 is 0. The van der Waals surface area contributed by atoms with E-state index in [0.29, 0.717) is 5.41 Å². The minimum atomic E-state index is 0.331. The third kappa shape index (κ3) is 1.72. The highest BCUT2D eigenvalue weighted by Gasteiger charge is 2.53. The van der Waals surface area contributed by atoms with Crippen LogP contribution in [-0.4, -0.2) is 17.0 Å². The monoisotopic (exact) mass is 283 g/mol. The first-order chi connectivity index (χ1) is 10.3. The van der Waals surface area contributed by atoms with E-state index in [0.717, 1.165) is 36.4 Å². The predicted molar refractivity (Wildman–Crippen MR) is 83.5 cm³/mol. The molecule has 3 heteroatoms. The number of anilines is 1. The van der Waals surface area contributed by atoms with E-state index in [4.69, 9.17) is 9.97 Å². The highest BCUT2D eigenvalue weighted by atomic mass is 15.0. The molecular weight excluding hydrogens is 258 g/mol. The van der Waals surface area contributed by atoms with Crippen LogP contribution < -0.4 is 5.32 Å². The second-order valence-electron chi connectivity index (χ2n) is 8.12. The largest absolute Gasteiger partial charge is 0.373 e. The summed E-state index contributed by atoms with van der Waals surface area (Å²) in [6.07, 6.45) is 12.1. The third-order valence-electron chi connectivity index (χ3n) is 6.68. The fourth-order valence-corrected chi connectivity index (χ4v) is 6.26. The molecule has 0 unspecified atom stereocenters. The van der Waals surface area contributed by atoms with Crippen LogP contribution in [0.4, 0.5) is 5.82 Å². The van der Waals surface area contributed by atoms with Gasteiger partial charge in [0.25, 0.3) is 0 Å². The summed E-state index contributed by atoms with van der Waals surface area (Å²) in [6, 6.07) is 0. The van der Waals surface area contributed by atoms with Gasteiger partial charge in [0, 0.05) is 23.7 Å². The zero-order valence-corrected chi connectivity index (χ0v) is 13.0. The Balaban J connectivity index is 1.61. The molecule has 4 saturated carbocycles. The van der Waals surface area contributed by atoms with Gasteiger partial charge in [-0.25, -0.2) is 9.97 Å². The van der Waals surface area contributed by atoms with Gasteiger partial charge < -0.3 is 5.32 Å². The summed E-state index contributed by atoms with van der Waals surface area (Å²) in [4.78, 5) is 10.1. The number of fused-ring (bicyclic) bond motifs is 1. The molecule has 0 radical (unpaired) electrons. The third-order valence-corrected chi connectivity index (χ3v) is 6.68. The Morgan fingerprint density at radius 1 is 0.952 bits per heavy atom. The molecule has 4 bridgehead atoms. The van der Waals surface area contributed by atoms with Gasteiger partial charge in [-0.05, 0) is 75.5 Å². The Bertz CT molecular complexity index is 557. The number of rotatable bonds is 2. The Hall–Kier alpha value is -1.12. The molecule has 1 aromatic rings. The standard InChI is InChI=1S/C18H25N3/c1-19-16-14-3-2-4-15(14)20-17(21-16)18-8-11-5-12(9-18)7-13(6-11)10-18/h11-13H,2-10H2,1H3,(H,19,20,21). The number of nitrogens with zero attached hydrogens (tertiary/aromatic N) is 2. The van der Waals surface area contributed by atoms with E-state index in [1.54, 1.807) is 0 Å². The SMILES string of the molecule is CNc1nc(C23CC4CC(CC(C4)C2)C3)nc2c1CCC2. The number of aryl methyl sites for hydroxylation is 1. The van der Waals surface area contributed by atoms with Gasteiger partial charge in [0.05, 0.1) is 0 Å². The average molecular weight is 283 g/mol. The van der Waals surface area contributed by atoms with Crippen LogP contribution in [0.25, 0.3) is 0 Å². The molecule has 6 rings (SSSR count). The van der Waals surface area contributed by atoms with Crippen molar-refractivity contribution in [3.8, 4) is 0 Å². The van der Waals surface area contributed by atoms with Crippen LogP contribution in [0.15, 0.2) is 0 Å². The number of nitrogens with one attached hydrogen (secondary N) is 1. The zero-order chi connectivity index (χ0) is 14.0. The fraction of sp³-hybridized carbons (Fsp3) is 0.778. The molecule has 5 aliphatic carbocycles. The molecule has 4 fully saturated rings. The summed E-state index contributed by atoms with van der Waals surface area (Å²) in [5.74, 6) is 5.22. The minimum Gasteiger partial charge on any atom is -0.373 e. The molecule has 0 spiro atoms. The van der Waals surface area contributed by atoms with Gasteiger partial charge in [-0.1, -0.05) is 0 Å². The molecule has 1 heterocycles. The lowest BCUT2D eigenvalue weighted by molar-refractivity contribution is -0.00942. The van der Waals surface area contributed by atoms with Crippen LogP contribution >= 0.6 is 0 Å². The van der Waals surface area contributed by atoms with Gasteiger partial charge in [0.1, 0.15) is 11.6 Å². The van der Waals surface area contributed by atoms with Crippen molar-refractivity contribution in [1.82, 2.24) is 9.97 Å². The van der Waals surface area contributed by atoms with Gasteiger partial charge in [-0.3, -0.25) is 0 Å². The predicted octanol–water partition coefficient (Wildman–Crippen LogP) is 3.47. The normalized spacial score (nSPS) is 39.6. The van der Waals surface area contributed by atoms with Gasteiger partial charge >= 0.3 is 0 Å². The van der Waals surface area contributed by atoms with Crippen LogP contribution in [-0.2, 0) is 18.3 Å². The maximum Gasteiger partial charge on any atom is 0.137 e. The molecule has 0 amide bonds. The molecule has 112 valence electrons. The number of hydrogen-bond donors (Lipinski definition) is 1. The van der Waals surface area contributed by atoms with Crippen LogP contribution in [0.5, 0.6) is 0 Å². The lowest BCUT2D eigenvalue weighted by Crippen LogP contribution is -2.49. The average Bonchev–Trinajstić information content (AvgIpc) is 2.93. The van der Waals surface area contributed by atoms with E-state index in [1.807, 2.05) is 7.05 Å². The van der Waals surface area contributed by atoms with E-state index in [2.05, 4.69) is 5.32 Å². The maximum absolute atomic E-state index is 5.10. The minimum absolute atomic E-state index is 0.331. The van der Waals surface area contributed by atoms with Crippen LogP contribution in [0, 0.1) is 17.8 Å². The quantitative estimate of drug-likeness (QED) is 0.903. The van der Waals surface area contributed by atoms with Crippen LogP contribution in [0.1, 0.15) is 62.0 Å². The highest BCUT2D eigenvalue weighted by molar-refractivity contribution is 5.49. The summed E-state index contributed by atoms with van der Waals surface area (Å²) in [5, 5.41) is 3.35. The van der Waals surface area contributed by atoms with Crippen molar-refractivity contribution in [2.45, 2.75) is 63.2 Å². The molecule has 0 atom stereocenters. The Kier molecular flexibility index (Phi) is 2.49. The van der Waals surface area contributed by atoms with Gasteiger partial charge in [-0.2, -0.15) is 0 Å². The first kappa shape index (κ1) is 12.4. The molecule has 21 heavy (non-hydrogen) atoms. The molecule has 1 aromatic heterocycles. The Morgan fingerprint density at radius 3 is 2.24 bits per heavy atom. The molecule has 0 aromatic carbocycles. The van der Waals surface area contributed by atoms with Crippen molar-refractivity contribution in [2.24, 2.45) is 17.8 Å². The van der Waals surface area contributed by atoms with Gasteiger partial charge in [0.2, 0.25) is 0 Å². The number of aromatic nitrogens is 2. The molecule has 3 nitrogen and oxygen atoms in total. The van der Waals surface area contributed by atoms with Gasteiger partial charge in [0.15, 0.2) is 0 Å². The lowest BCUT2D eigenvalue weighted by Gasteiger charge is -2.56. The van der Waals surface area contributed by atoms with E-state index < -0.39 is 0 Å². The molecule has 0 aliphatic heterocycles. The lowest BCUT2D eigenvalue weighted by atomic mass is 9.49. The highest BCUT2D eigenvalue weighted by Crippen LogP contribution is 2.60. The second-order valence-corrected chi connectivity index (χ2v) is 8.12. The van der Waals surface area contributed by atoms with Crippen molar-refractivity contribution < 1.29 is 0 Å². The van der Waals surface area contributed by atoms with E-state index in [-0.39, 0.29) is 0 Å². The molecule has 0 saturated heterocycles. The van der Waals surface area contributed by atoms with Crippen molar-refractivity contribution >= 4 is 5.82 Å². The second kappa shape index (κ2) is 4.21. The van der Waals surface area contributed by atoms with Crippen LogP contribution in [0.2, 0.25) is 0 Å². The molecule has 1 N–H and O–H groups in total. The Labute approximate surface area is 127 Å². The summed E-state index contributed by atoms with van der Waals surface area (Å²) in [7, 11) is 2.02. The van der Waals surface area contributed by atoms with Crippen molar-refractivity contribution in [2.75, 3.05) is 12.4 Å². The van der Waals surface area contributed by atoms with Gasteiger partial charge in [-0.15, -0.1) is 0 Å². The van der Waals surface area contributed by atoms with Crippen LogP contribution in [0.3, 0.4) is 0 Å². The van der Waals surface area contributed by atoms with Crippen molar-refractivity contribution in [3.05, 3.63) is 17.1 Å². The van der Waals surface area contributed by atoms with Crippen molar-refractivity contribution in [1.29, 1.82) is 0 Å². The topological polar surface area (TPSA) is 37.8 Å². The summed E-state index contributed by atoms with van der Waals surface area (Å²) in [5.41, 5.74) is 3.07. The zero-order valence-electron chi connectivity index (χ0n) is 13.0. The van der Waals surface area contributed by atoms with E-state index in [1.165, 1.54) is 62.0 Å². The summed E-state index contributed by atoms with van der Waals surface area (Å²) in [6.45, 7) is 0. The molecule has 5 aliphatic rings. The first-order valence-corrected chi connectivity index (χ1v) is 8.84. The summed E-state index contributed by atoms with van der Waals surface area (Å²) < 4.78 is 0. The fourth-order valence-electron chi connectivity index (χ4n) is 6.26. The molecular formula is C18H25N3. The smallest absolute Gasteiger partial charge is 0.137 e. The van der Waals surface area contributed by atoms with Crippen molar-refractivity contribution in [3.63, 3.8) is 0 Å². The first-order valence-electron chi connectivity index (χ1n) is 8.84. The number of hydrogen-bond acceptors (Lipinski definition) is 3.